The Labute approximate surface area is 412 Å². The van der Waals surface area contributed by atoms with Crippen LogP contribution >= 0.6 is 0 Å². The number of hydrogen-bond acceptors (Lipinski definition) is 8. The van der Waals surface area contributed by atoms with E-state index >= 15 is 0 Å². The minimum Gasteiger partial charge on any atom is -0.508 e. The Hall–Kier alpha value is -4.51. The number of phenols is 2. The van der Waals surface area contributed by atoms with Crippen LogP contribution in [-0.4, -0.2) is 65.9 Å². The molecular weight excluding hydrogens is 863 g/mol. The molecule has 10 heteroatoms. The van der Waals surface area contributed by atoms with Crippen LogP contribution in [-0.2, 0) is 17.6 Å². The zero-order valence-electron chi connectivity index (χ0n) is 42.3. The summed E-state index contributed by atoms with van der Waals surface area (Å²) >= 11 is 0. The molecule has 7 rings (SSSR count). The van der Waals surface area contributed by atoms with Crippen LogP contribution in [0, 0.1) is 41.4 Å². The molecule has 3 aliphatic carbocycles. The molecule has 2 heterocycles. The fraction of sp³-hybridized carbons (Fsp3) is 0.610. The fourth-order valence-corrected chi connectivity index (χ4v) is 12.9. The number of aromatic nitrogens is 1. The third kappa shape index (κ3) is 13.3. The Morgan fingerprint density at radius 1 is 0.884 bits per heavy atom. The lowest BCUT2D eigenvalue weighted by Crippen LogP contribution is -2.42. The molecule has 0 unspecified atom stereocenters. The summed E-state index contributed by atoms with van der Waals surface area (Å²) in [4.78, 5) is 17.0. The number of carbonyl (C=O) groups is 1. The molecule has 3 aromatic rings. The first kappa shape index (κ1) is 52.3. The van der Waals surface area contributed by atoms with Gasteiger partial charge in [-0.1, -0.05) is 103 Å². The summed E-state index contributed by atoms with van der Waals surface area (Å²) in [6.07, 6.45) is 21.0. The molecule has 69 heavy (non-hydrogen) atoms. The van der Waals surface area contributed by atoms with Crippen LogP contribution in [0.2, 0.25) is 0 Å². The Morgan fingerprint density at radius 3 is 2.39 bits per heavy atom. The summed E-state index contributed by atoms with van der Waals surface area (Å²) in [5, 5.41) is 72.3. The number of aromatic amines is 1. The van der Waals surface area contributed by atoms with Crippen LogP contribution in [0.15, 0.2) is 78.2 Å². The van der Waals surface area contributed by atoms with Crippen molar-refractivity contribution in [3.05, 3.63) is 106 Å². The van der Waals surface area contributed by atoms with Crippen molar-refractivity contribution in [1.29, 1.82) is 0 Å². The number of H-pyrrole nitrogens is 1. The van der Waals surface area contributed by atoms with E-state index in [1.165, 1.54) is 36.5 Å². The number of phenolic OH excluding ortho intramolecular Hbond substituents is 2. The van der Waals surface area contributed by atoms with Crippen LogP contribution in [0.5, 0.6) is 11.5 Å². The number of allylic oxidation sites excluding steroid dienone is 3. The molecule has 378 valence electrons. The first-order valence-electron chi connectivity index (χ1n) is 26.8. The summed E-state index contributed by atoms with van der Waals surface area (Å²) in [6, 6.07) is 13.9. The molecule has 4 aliphatic rings. The summed E-state index contributed by atoms with van der Waals surface area (Å²) in [7, 11) is 0. The van der Waals surface area contributed by atoms with E-state index < -0.39 is 23.6 Å². The number of fused-ring (bicyclic) bond motifs is 1. The van der Waals surface area contributed by atoms with Gasteiger partial charge in [0.15, 0.2) is 0 Å². The topological polar surface area (TPSA) is 192 Å². The lowest BCUT2D eigenvalue weighted by Gasteiger charge is -2.39. The summed E-state index contributed by atoms with van der Waals surface area (Å²) in [6.45, 7) is 11.7. The monoisotopic (exact) mass is 948 g/mol. The molecule has 2 saturated carbocycles. The molecule has 1 aliphatic heterocycles. The molecular formula is C59H85N3O7. The number of benzene rings is 2. The van der Waals surface area contributed by atoms with Crippen LogP contribution in [0.25, 0.3) is 11.3 Å². The van der Waals surface area contributed by atoms with Crippen molar-refractivity contribution in [2.24, 2.45) is 47.2 Å². The quantitative estimate of drug-likeness (QED) is 0.0415. The normalized spacial score (nSPS) is 28.6. The van der Waals surface area contributed by atoms with E-state index in [1.807, 2.05) is 12.1 Å². The zero-order valence-corrected chi connectivity index (χ0v) is 42.3. The zero-order chi connectivity index (χ0) is 49.4. The van der Waals surface area contributed by atoms with E-state index in [1.54, 1.807) is 6.07 Å². The lowest BCUT2D eigenvalue weighted by atomic mass is 9.69. The van der Waals surface area contributed by atoms with Gasteiger partial charge in [-0.2, -0.15) is 0 Å². The predicted molar refractivity (Wildman–Crippen MR) is 277 cm³/mol. The van der Waals surface area contributed by atoms with Gasteiger partial charge in [-0.3, -0.25) is 4.79 Å². The van der Waals surface area contributed by atoms with Crippen LogP contribution in [0.3, 0.4) is 0 Å². The lowest BCUT2D eigenvalue weighted by molar-refractivity contribution is -0.150. The van der Waals surface area contributed by atoms with E-state index in [-0.39, 0.29) is 53.6 Å². The van der Waals surface area contributed by atoms with Gasteiger partial charge in [0, 0.05) is 53.4 Å². The van der Waals surface area contributed by atoms with Crippen molar-refractivity contribution in [3.8, 4) is 22.8 Å². The van der Waals surface area contributed by atoms with E-state index in [9.17, 15) is 35.4 Å². The van der Waals surface area contributed by atoms with Gasteiger partial charge < -0.3 is 46.7 Å². The van der Waals surface area contributed by atoms with Gasteiger partial charge in [0.2, 0.25) is 0 Å². The molecule has 0 spiro atoms. The van der Waals surface area contributed by atoms with E-state index in [2.05, 4.69) is 87.4 Å². The van der Waals surface area contributed by atoms with Gasteiger partial charge in [0.1, 0.15) is 11.5 Å². The molecule has 10 N–H and O–H groups in total. The average Bonchev–Trinajstić information content (AvgIpc) is 3.90. The first-order valence-corrected chi connectivity index (χ1v) is 26.8. The molecule has 10 atom stereocenters. The molecule has 2 aromatic carbocycles. The Kier molecular flexibility index (Phi) is 17.9. The highest BCUT2D eigenvalue weighted by Gasteiger charge is 2.51. The predicted octanol–water partition coefficient (Wildman–Crippen LogP) is 11.5. The van der Waals surface area contributed by atoms with E-state index in [0.29, 0.717) is 74.2 Å². The van der Waals surface area contributed by atoms with Gasteiger partial charge >= 0.3 is 5.97 Å². The van der Waals surface area contributed by atoms with Gasteiger partial charge in [-0.05, 0) is 159 Å². The second-order valence-corrected chi connectivity index (χ2v) is 22.6. The van der Waals surface area contributed by atoms with Crippen LogP contribution in [0.1, 0.15) is 177 Å². The summed E-state index contributed by atoms with van der Waals surface area (Å²) < 4.78 is 0. The Balaban J connectivity index is 1.18. The number of aliphatic carboxylic acids is 1. The number of dihydropyridines is 1. The number of aliphatic hydroxyl groups is 3. The number of aromatic hydroxyl groups is 2. The molecule has 0 radical (unpaired) electrons. The standard InChI is InChI=1S/C59H85N3O7/c1-6-7-8-11-38-14-15-41(54(65)29-38)12-9-10-13-42-18-19-47(50-28-40(27-39-23-25-61-56(60)30-39)35-59(50,69)24-22-53(64)57(42)58(67)68)51-20-21-52(62-51)48-33-46(63)34-55(66)49(48)32-44-17-16-43(37(4)5)31-45(44)26-36(2)3/h14-17,20-21,23,30-31,33-34,36-38,40-42,47,50,53-54,57,61-66,69H,6-13,18-19,22,24-29,32,35,60H2,1-5H3,(H,67,68)/t38-,40-,41-,42+,47-,50-,53+,54-,57-,59-/m0/s1. The van der Waals surface area contributed by atoms with Gasteiger partial charge in [0.05, 0.1) is 29.5 Å². The third-order valence-electron chi connectivity index (χ3n) is 16.6. The number of hydrogen-bond donors (Lipinski definition) is 9. The number of unbranched alkanes of at least 4 members (excludes halogenated alkanes) is 3. The van der Waals surface area contributed by atoms with Crippen molar-refractivity contribution < 1.29 is 35.4 Å². The number of nitrogens with two attached hydrogens (primary N) is 1. The van der Waals surface area contributed by atoms with Crippen molar-refractivity contribution in [2.45, 2.75) is 180 Å². The number of nitrogens with one attached hydrogen (secondary N) is 2. The maximum Gasteiger partial charge on any atom is 0.309 e. The minimum absolute atomic E-state index is 0.0277. The SMILES string of the molecule is CCCCC[C@H]1C=C[C@H](CCCC[C@@H]2CC[C@H](c3ccc(-c4cc(O)cc(O)c4Cc4ccc(C(C)C)cc4CC(C)C)[nH]3)[C@@H]3C[C@H](CC4=CCNC(N)=C4)C[C@@]3(O)CC[C@@H](O)[C@H]2C(=O)O)[C@@H](O)C1. The highest BCUT2D eigenvalue weighted by molar-refractivity contribution is 5.72. The first-order chi connectivity index (χ1) is 33.0. The van der Waals surface area contributed by atoms with Crippen LogP contribution in [0.4, 0.5) is 0 Å². The highest BCUT2D eigenvalue weighted by Crippen LogP contribution is 2.54. The minimum atomic E-state index is -1.15. The molecule has 0 amide bonds. The van der Waals surface area contributed by atoms with Crippen molar-refractivity contribution in [3.63, 3.8) is 0 Å². The fourth-order valence-electron chi connectivity index (χ4n) is 12.9. The molecule has 2 fully saturated rings. The largest absolute Gasteiger partial charge is 0.508 e. The van der Waals surface area contributed by atoms with E-state index in [4.69, 9.17) is 5.73 Å². The molecule has 10 nitrogen and oxygen atoms in total. The summed E-state index contributed by atoms with van der Waals surface area (Å²) in [5.41, 5.74) is 13.0. The third-order valence-corrected chi connectivity index (χ3v) is 16.6. The smallest absolute Gasteiger partial charge is 0.309 e. The second kappa shape index (κ2) is 23.6. The molecule has 1 aromatic heterocycles. The van der Waals surface area contributed by atoms with Gasteiger partial charge in [-0.25, -0.2) is 0 Å². The van der Waals surface area contributed by atoms with Crippen molar-refractivity contribution in [2.75, 3.05) is 6.54 Å². The van der Waals surface area contributed by atoms with Gasteiger partial charge in [0.25, 0.3) is 0 Å². The van der Waals surface area contributed by atoms with Crippen molar-refractivity contribution in [1.82, 2.24) is 10.3 Å². The number of aliphatic hydroxyl groups excluding tert-OH is 2. The molecule has 0 saturated heterocycles. The Morgan fingerprint density at radius 2 is 1.67 bits per heavy atom. The number of rotatable bonds is 19. The highest BCUT2D eigenvalue weighted by atomic mass is 16.4. The van der Waals surface area contributed by atoms with Crippen molar-refractivity contribution >= 4 is 5.97 Å². The maximum absolute atomic E-state index is 13.2. The Bertz CT molecular complexity index is 2280. The average molecular weight is 948 g/mol. The van der Waals surface area contributed by atoms with E-state index in [0.717, 1.165) is 79.5 Å². The van der Waals surface area contributed by atoms with Crippen LogP contribution < -0.4 is 11.1 Å². The second-order valence-electron chi connectivity index (χ2n) is 22.6. The van der Waals surface area contributed by atoms with Gasteiger partial charge in [-0.15, -0.1) is 0 Å². The maximum atomic E-state index is 13.2. The number of carboxylic acid groups (broad SMARTS) is 1. The molecule has 0 bridgehead atoms. The summed E-state index contributed by atoms with van der Waals surface area (Å²) in [5.74, 6) is -0.430. The number of carboxylic acids is 1.